The van der Waals surface area contributed by atoms with Gasteiger partial charge in [0.15, 0.2) is 0 Å². The lowest BCUT2D eigenvalue weighted by atomic mass is 9.80. The lowest BCUT2D eigenvalue weighted by Gasteiger charge is -2.28. The summed E-state index contributed by atoms with van der Waals surface area (Å²) in [5.41, 5.74) is 0.285. The predicted molar refractivity (Wildman–Crippen MR) is 65.9 cm³/mol. The lowest BCUT2D eigenvalue weighted by Crippen LogP contribution is -2.18. The molecule has 0 unspecified atom stereocenters. The van der Waals surface area contributed by atoms with Gasteiger partial charge in [-0.15, -0.1) is 0 Å². The first kappa shape index (κ1) is 13.3. The van der Waals surface area contributed by atoms with Gasteiger partial charge >= 0.3 is 5.97 Å². The fourth-order valence-corrected chi connectivity index (χ4v) is 2.05. The number of esters is 1. The van der Waals surface area contributed by atoms with Crippen LogP contribution in [-0.2, 0) is 9.53 Å². The second kappa shape index (κ2) is 6.07. The molecule has 0 aliphatic heterocycles. The first-order valence-corrected chi connectivity index (χ1v) is 6.43. The fourth-order valence-electron chi connectivity index (χ4n) is 2.05. The van der Waals surface area contributed by atoms with E-state index in [2.05, 4.69) is 26.8 Å². The average Bonchev–Trinajstić information content (AvgIpc) is 2.16. The van der Waals surface area contributed by atoms with Gasteiger partial charge in [-0.2, -0.15) is 0 Å². The van der Waals surface area contributed by atoms with Gasteiger partial charge in [-0.05, 0) is 30.8 Å². The Bertz CT molecular complexity index is 264. The second-order valence-electron chi connectivity index (χ2n) is 5.48. The minimum Gasteiger partial charge on any atom is -0.431 e. The van der Waals surface area contributed by atoms with Crippen LogP contribution in [0.1, 0.15) is 65.7 Å². The molecule has 0 aromatic heterocycles. The zero-order valence-corrected chi connectivity index (χ0v) is 10.8. The molecule has 0 spiro atoms. The monoisotopic (exact) mass is 224 g/mol. The first-order valence-electron chi connectivity index (χ1n) is 6.43. The van der Waals surface area contributed by atoms with Crippen molar-refractivity contribution in [2.75, 3.05) is 0 Å². The predicted octanol–water partition coefficient (Wildman–Crippen LogP) is 4.20. The summed E-state index contributed by atoms with van der Waals surface area (Å²) in [6, 6.07) is 0. The minimum atomic E-state index is -0.0580. The standard InChI is InChI=1S/C14H24O2/c1-4-5-6-9-13(15)16-12-8-7-10-14(2,3)11-12/h8H,4-7,9-11H2,1-3H3. The van der Waals surface area contributed by atoms with Gasteiger partial charge in [0.25, 0.3) is 0 Å². The molecule has 1 aliphatic carbocycles. The fraction of sp³-hybridized carbons (Fsp3) is 0.786. The third kappa shape index (κ3) is 4.82. The van der Waals surface area contributed by atoms with E-state index in [4.69, 9.17) is 4.74 Å². The Balaban J connectivity index is 2.31. The van der Waals surface area contributed by atoms with Gasteiger partial charge in [-0.3, -0.25) is 4.79 Å². The Hall–Kier alpha value is -0.790. The Morgan fingerprint density at radius 3 is 2.81 bits per heavy atom. The Morgan fingerprint density at radius 1 is 1.44 bits per heavy atom. The second-order valence-corrected chi connectivity index (χ2v) is 5.48. The number of unbranched alkanes of at least 4 members (excludes halogenated alkanes) is 2. The Labute approximate surface area is 99.1 Å². The molecule has 0 fully saturated rings. The van der Waals surface area contributed by atoms with Crippen LogP contribution in [0.5, 0.6) is 0 Å². The van der Waals surface area contributed by atoms with E-state index in [-0.39, 0.29) is 11.4 Å². The molecular formula is C14H24O2. The Kier molecular flexibility index (Phi) is 5.04. The molecule has 0 saturated carbocycles. The van der Waals surface area contributed by atoms with Crippen molar-refractivity contribution < 1.29 is 9.53 Å². The summed E-state index contributed by atoms with van der Waals surface area (Å²) < 4.78 is 5.40. The van der Waals surface area contributed by atoms with Gasteiger partial charge in [0.05, 0.1) is 0 Å². The van der Waals surface area contributed by atoms with E-state index >= 15 is 0 Å². The molecular weight excluding hydrogens is 200 g/mol. The van der Waals surface area contributed by atoms with Crippen LogP contribution < -0.4 is 0 Å². The van der Waals surface area contributed by atoms with E-state index in [1.54, 1.807) is 0 Å². The van der Waals surface area contributed by atoms with E-state index in [9.17, 15) is 4.79 Å². The van der Waals surface area contributed by atoms with Crippen LogP contribution in [0, 0.1) is 5.41 Å². The van der Waals surface area contributed by atoms with Crippen LogP contribution in [0.3, 0.4) is 0 Å². The highest BCUT2D eigenvalue weighted by Gasteiger charge is 2.24. The van der Waals surface area contributed by atoms with Crippen LogP contribution in [-0.4, -0.2) is 5.97 Å². The Morgan fingerprint density at radius 2 is 2.19 bits per heavy atom. The van der Waals surface area contributed by atoms with Gasteiger partial charge in [0.2, 0.25) is 0 Å². The SMILES string of the molecule is CCCCCC(=O)OC1=CCCC(C)(C)C1. The normalized spacial score (nSPS) is 19.1. The maximum absolute atomic E-state index is 11.5. The molecule has 2 heteroatoms. The zero-order chi connectivity index (χ0) is 12.0. The molecule has 2 nitrogen and oxygen atoms in total. The number of carbonyl (C=O) groups excluding carboxylic acids is 1. The molecule has 16 heavy (non-hydrogen) atoms. The van der Waals surface area contributed by atoms with Gasteiger partial charge in [0.1, 0.15) is 5.76 Å². The number of ether oxygens (including phenoxy) is 1. The van der Waals surface area contributed by atoms with Crippen molar-refractivity contribution in [1.82, 2.24) is 0 Å². The number of carbonyl (C=O) groups is 1. The summed E-state index contributed by atoms with van der Waals surface area (Å²) in [6.07, 6.45) is 8.95. The molecule has 0 bridgehead atoms. The summed E-state index contributed by atoms with van der Waals surface area (Å²) >= 11 is 0. The number of allylic oxidation sites excluding steroid dienone is 2. The molecule has 0 radical (unpaired) electrons. The van der Waals surface area contributed by atoms with Crippen molar-refractivity contribution in [2.45, 2.75) is 65.7 Å². The molecule has 1 rings (SSSR count). The summed E-state index contributed by atoms with van der Waals surface area (Å²) in [6.45, 7) is 6.59. The van der Waals surface area contributed by atoms with E-state index in [1.807, 2.05) is 0 Å². The highest BCUT2D eigenvalue weighted by molar-refractivity contribution is 5.70. The number of hydrogen-bond donors (Lipinski definition) is 0. The van der Waals surface area contributed by atoms with Crippen LogP contribution in [0.2, 0.25) is 0 Å². The van der Waals surface area contributed by atoms with E-state index in [0.29, 0.717) is 6.42 Å². The van der Waals surface area contributed by atoms with E-state index in [1.165, 1.54) is 6.42 Å². The van der Waals surface area contributed by atoms with Crippen LogP contribution >= 0.6 is 0 Å². The van der Waals surface area contributed by atoms with Crippen molar-refractivity contribution >= 4 is 5.97 Å². The number of hydrogen-bond acceptors (Lipinski definition) is 2. The summed E-state index contributed by atoms with van der Waals surface area (Å²) in [7, 11) is 0. The van der Waals surface area contributed by atoms with Crippen LogP contribution in [0.4, 0.5) is 0 Å². The summed E-state index contributed by atoms with van der Waals surface area (Å²) in [4.78, 5) is 11.5. The van der Waals surface area contributed by atoms with Crippen molar-refractivity contribution in [3.05, 3.63) is 11.8 Å². The highest BCUT2D eigenvalue weighted by atomic mass is 16.5. The maximum Gasteiger partial charge on any atom is 0.310 e. The zero-order valence-electron chi connectivity index (χ0n) is 10.8. The maximum atomic E-state index is 11.5. The first-order chi connectivity index (χ1) is 7.53. The van der Waals surface area contributed by atoms with Crippen LogP contribution in [0.25, 0.3) is 0 Å². The third-order valence-corrected chi connectivity index (χ3v) is 3.08. The van der Waals surface area contributed by atoms with Crippen LogP contribution in [0.15, 0.2) is 11.8 Å². The molecule has 0 aromatic carbocycles. The van der Waals surface area contributed by atoms with Gasteiger partial charge in [0, 0.05) is 12.8 Å². The summed E-state index contributed by atoms with van der Waals surface area (Å²) in [5.74, 6) is 0.829. The quantitative estimate of drug-likeness (QED) is 0.516. The summed E-state index contributed by atoms with van der Waals surface area (Å²) in [5, 5.41) is 0. The third-order valence-electron chi connectivity index (χ3n) is 3.08. The highest BCUT2D eigenvalue weighted by Crippen LogP contribution is 2.35. The molecule has 0 amide bonds. The van der Waals surface area contributed by atoms with E-state index in [0.717, 1.165) is 37.9 Å². The lowest BCUT2D eigenvalue weighted by molar-refractivity contribution is -0.140. The molecule has 0 saturated heterocycles. The van der Waals surface area contributed by atoms with Gasteiger partial charge in [-0.1, -0.05) is 33.6 Å². The topological polar surface area (TPSA) is 26.3 Å². The molecule has 0 heterocycles. The van der Waals surface area contributed by atoms with Crippen molar-refractivity contribution in [1.29, 1.82) is 0 Å². The smallest absolute Gasteiger partial charge is 0.310 e. The molecule has 92 valence electrons. The van der Waals surface area contributed by atoms with Crippen molar-refractivity contribution in [3.8, 4) is 0 Å². The van der Waals surface area contributed by atoms with Crippen molar-refractivity contribution in [3.63, 3.8) is 0 Å². The minimum absolute atomic E-state index is 0.0580. The molecule has 0 aromatic rings. The number of rotatable bonds is 5. The largest absolute Gasteiger partial charge is 0.431 e. The molecule has 1 aliphatic rings. The van der Waals surface area contributed by atoms with Crippen molar-refractivity contribution in [2.24, 2.45) is 5.41 Å². The average molecular weight is 224 g/mol. The molecule has 0 N–H and O–H groups in total. The van der Waals surface area contributed by atoms with Gasteiger partial charge in [-0.25, -0.2) is 0 Å². The van der Waals surface area contributed by atoms with E-state index < -0.39 is 0 Å². The van der Waals surface area contributed by atoms with Gasteiger partial charge < -0.3 is 4.74 Å². The molecule has 0 atom stereocenters.